The molecule has 6 heteroatoms. The fourth-order valence-electron chi connectivity index (χ4n) is 1.84. The second kappa shape index (κ2) is 6.42. The van der Waals surface area contributed by atoms with E-state index in [1.54, 1.807) is 19.9 Å². The van der Waals surface area contributed by atoms with Gasteiger partial charge in [-0.15, -0.1) is 0 Å². The molecule has 0 unspecified atom stereocenters. The van der Waals surface area contributed by atoms with Gasteiger partial charge in [-0.3, -0.25) is 4.79 Å². The highest BCUT2D eigenvalue weighted by atomic mass is 19.4. The summed E-state index contributed by atoms with van der Waals surface area (Å²) in [4.78, 5) is 11.4. The van der Waals surface area contributed by atoms with Gasteiger partial charge in [-0.2, -0.15) is 18.4 Å². The summed E-state index contributed by atoms with van der Waals surface area (Å²) >= 11 is 0. The molecule has 0 aromatic heterocycles. The van der Waals surface area contributed by atoms with Gasteiger partial charge in [-0.1, -0.05) is 6.92 Å². The maximum Gasteiger partial charge on any atom is 0.416 e. The van der Waals surface area contributed by atoms with Crippen LogP contribution in [-0.2, 0) is 28.5 Å². The lowest BCUT2D eigenvalue weighted by molar-refractivity contribution is -0.143. The summed E-state index contributed by atoms with van der Waals surface area (Å²) in [5.41, 5.74) is -0.997. The molecule has 1 aromatic rings. The minimum Gasteiger partial charge on any atom is -0.466 e. The molecule has 0 aliphatic carbocycles. The number of hydrogen-bond donors (Lipinski definition) is 0. The zero-order valence-corrected chi connectivity index (χ0v) is 11.2. The second-order valence-corrected chi connectivity index (χ2v) is 4.11. The van der Waals surface area contributed by atoms with Crippen LogP contribution >= 0.6 is 0 Å². The predicted molar refractivity (Wildman–Crippen MR) is 65.9 cm³/mol. The lowest BCUT2D eigenvalue weighted by atomic mass is 9.94. The van der Waals surface area contributed by atoms with Crippen LogP contribution in [-0.4, -0.2) is 12.6 Å². The fraction of sp³-hybridized carbons (Fsp3) is 0.429. The van der Waals surface area contributed by atoms with Gasteiger partial charge in [0.05, 0.1) is 30.2 Å². The molecule has 0 N–H and O–H groups in total. The number of ether oxygens (including phenoxy) is 1. The van der Waals surface area contributed by atoms with Crippen LogP contribution in [0, 0.1) is 11.3 Å². The van der Waals surface area contributed by atoms with Gasteiger partial charge in [0.15, 0.2) is 0 Å². The van der Waals surface area contributed by atoms with Crippen molar-refractivity contribution in [2.75, 3.05) is 6.61 Å². The molecule has 108 valence electrons. The first-order valence-electron chi connectivity index (χ1n) is 6.12. The molecule has 0 fully saturated rings. The third-order valence-corrected chi connectivity index (χ3v) is 2.77. The van der Waals surface area contributed by atoms with Crippen molar-refractivity contribution in [3.8, 4) is 6.07 Å². The number of rotatable bonds is 4. The summed E-state index contributed by atoms with van der Waals surface area (Å²) in [6.07, 6.45) is -4.80. The van der Waals surface area contributed by atoms with Crippen molar-refractivity contribution >= 4 is 5.97 Å². The van der Waals surface area contributed by atoms with Crippen LogP contribution in [0.1, 0.15) is 36.1 Å². The Morgan fingerprint density at radius 2 is 2.00 bits per heavy atom. The van der Waals surface area contributed by atoms with Gasteiger partial charge in [0.2, 0.25) is 0 Å². The number of esters is 1. The standard InChI is InChI=1S/C14H14F3NO2/c1-3-9-5-10(8-18)11(7-13(19)20-4-2)12(6-9)14(15,16)17/h5-6H,3-4,7H2,1-2H3. The Bertz CT molecular complexity index is 545. The van der Waals surface area contributed by atoms with E-state index in [2.05, 4.69) is 4.74 Å². The Morgan fingerprint density at radius 3 is 2.45 bits per heavy atom. The Kier molecular flexibility index (Phi) is 5.14. The van der Waals surface area contributed by atoms with E-state index in [4.69, 9.17) is 5.26 Å². The molecule has 0 saturated heterocycles. The van der Waals surface area contributed by atoms with E-state index in [-0.39, 0.29) is 17.7 Å². The van der Waals surface area contributed by atoms with Gasteiger partial charge in [0.25, 0.3) is 0 Å². The van der Waals surface area contributed by atoms with Gasteiger partial charge in [-0.05, 0) is 36.6 Å². The Balaban J connectivity index is 3.38. The molecular weight excluding hydrogens is 271 g/mol. The SMILES string of the molecule is CCOC(=O)Cc1c(C#N)cc(CC)cc1C(F)(F)F. The molecule has 20 heavy (non-hydrogen) atoms. The van der Waals surface area contributed by atoms with Crippen molar-refractivity contribution in [2.24, 2.45) is 0 Å². The van der Waals surface area contributed by atoms with Crippen LogP contribution in [0.5, 0.6) is 0 Å². The molecule has 0 radical (unpaired) electrons. The Morgan fingerprint density at radius 1 is 1.35 bits per heavy atom. The zero-order valence-electron chi connectivity index (χ0n) is 11.2. The number of carbonyl (C=O) groups is 1. The van der Waals surface area contributed by atoms with Crippen LogP contribution < -0.4 is 0 Å². The van der Waals surface area contributed by atoms with E-state index in [0.29, 0.717) is 12.0 Å². The number of alkyl halides is 3. The van der Waals surface area contributed by atoms with E-state index >= 15 is 0 Å². The normalized spacial score (nSPS) is 11.0. The molecule has 0 saturated carbocycles. The summed E-state index contributed by atoms with van der Waals surface area (Å²) in [7, 11) is 0. The van der Waals surface area contributed by atoms with Gasteiger partial charge in [0.1, 0.15) is 0 Å². The Hall–Kier alpha value is -2.03. The molecular formula is C14H14F3NO2. The lowest BCUT2D eigenvalue weighted by Crippen LogP contribution is -2.16. The third kappa shape index (κ3) is 3.73. The highest BCUT2D eigenvalue weighted by Gasteiger charge is 2.35. The Labute approximate surface area is 115 Å². The van der Waals surface area contributed by atoms with Crippen LogP contribution in [0.4, 0.5) is 13.2 Å². The second-order valence-electron chi connectivity index (χ2n) is 4.11. The molecule has 0 aliphatic heterocycles. The lowest BCUT2D eigenvalue weighted by Gasteiger charge is -2.15. The zero-order chi connectivity index (χ0) is 15.3. The molecule has 1 rings (SSSR count). The monoisotopic (exact) mass is 285 g/mol. The van der Waals surface area contributed by atoms with E-state index < -0.39 is 24.1 Å². The minimum atomic E-state index is -4.61. The number of halogens is 3. The van der Waals surface area contributed by atoms with Gasteiger partial charge >= 0.3 is 12.1 Å². The number of nitriles is 1. The number of carbonyl (C=O) groups excluding carboxylic acids is 1. The molecule has 0 spiro atoms. The largest absolute Gasteiger partial charge is 0.466 e. The summed E-state index contributed by atoms with van der Waals surface area (Å²) in [5.74, 6) is -0.779. The molecule has 0 bridgehead atoms. The fourth-order valence-corrected chi connectivity index (χ4v) is 1.84. The first-order valence-corrected chi connectivity index (χ1v) is 6.12. The van der Waals surface area contributed by atoms with E-state index in [1.165, 1.54) is 6.07 Å². The number of benzene rings is 1. The number of nitrogens with zero attached hydrogens (tertiary/aromatic N) is 1. The summed E-state index contributed by atoms with van der Waals surface area (Å²) in [5, 5.41) is 9.00. The first-order chi connectivity index (χ1) is 9.33. The molecule has 0 aliphatic rings. The maximum atomic E-state index is 13.1. The van der Waals surface area contributed by atoms with E-state index in [9.17, 15) is 18.0 Å². The molecule has 0 heterocycles. The highest BCUT2D eigenvalue weighted by molar-refractivity contribution is 5.74. The first kappa shape index (κ1) is 16.0. The molecule has 3 nitrogen and oxygen atoms in total. The van der Waals surface area contributed by atoms with Crippen molar-refractivity contribution in [2.45, 2.75) is 32.9 Å². The van der Waals surface area contributed by atoms with Crippen LogP contribution in [0.25, 0.3) is 0 Å². The van der Waals surface area contributed by atoms with Crippen LogP contribution in [0.2, 0.25) is 0 Å². The summed E-state index contributed by atoms with van der Waals surface area (Å²) in [6, 6.07) is 4.08. The highest BCUT2D eigenvalue weighted by Crippen LogP contribution is 2.35. The van der Waals surface area contributed by atoms with Crippen LogP contribution in [0.3, 0.4) is 0 Å². The van der Waals surface area contributed by atoms with Crippen molar-refractivity contribution < 1.29 is 22.7 Å². The van der Waals surface area contributed by atoms with E-state index in [1.807, 2.05) is 0 Å². The van der Waals surface area contributed by atoms with Gasteiger partial charge in [-0.25, -0.2) is 0 Å². The maximum absolute atomic E-state index is 13.1. The molecule has 1 aromatic carbocycles. The minimum absolute atomic E-state index is 0.0785. The van der Waals surface area contributed by atoms with Crippen molar-refractivity contribution in [1.29, 1.82) is 5.26 Å². The predicted octanol–water partition coefficient (Wildman–Crippen LogP) is 3.25. The average Bonchev–Trinajstić information content (AvgIpc) is 2.37. The molecule has 0 amide bonds. The quantitative estimate of drug-likeness (QED) is 0.798. The topological polar surface area (TPSA) is 50.1 Å². The molecule has 0 atom stereocenters. The van der Waals surface area contributed by atoms with Gasteiger partial charge < -0.3 is 4.74 Å². The number of hydrogen-bond acceptors (Lipinski definition) is 3. The summed E-state index contributed by atoms with van der Waals surface area (Å²) in [6.45, 7) is 3.34. The van der Waals surface area contributed by atoms with Crippen molar-refractivity contribution in [3.05, 3.63) is 34.4 Å². The van der Waals surface area contributed by atoms with Crippen molar-refractivity contribution in [1.82, 2.24) is 0 Å². The van der Waals surface area contributed by atoms with Gasteiger partial charge in [0, 0.05) is 0 Å². The van der Waals surface area contributed by atoms with E-state index in [0.717, 1.165) is 6.07 Å². The van der Waals surface area contributed by atoms with Crippen LogP contribution in [0.15, 0.2) is 12.1 Å². The smallest absolute Gasteiger partial charge is 0.416 e. The van der Waals surface area contributed by atoms with Crippen molar-refractivity contribution in [3.63, 3.8) is 0 Å². The summed E-state index contributed by atoms with van der Waals surface area (Å²) < 4.78 is 43.8. The third-order valence-electron chi connectivity index (χ3n) is 2.77. The number of aryl methyl sites for hydroxylation is 1. The average molecular weight is 285 g/mol.